The third-order valence-electron chi connectivity index (χ3n) is 4.35. The van der Waals surface area contributed by atoms with Crippen LogP contribution in [0.2, 0.25) is 5.02 Å². The lowest BCUT2D eigenvalue weighted by molar-refractivity contribution is -0.692. The second-order valence-electron chi connectivity index (χ2n) is 6.38. The van der Waals surface area contributed by atoms with Gasteiger partial charge in [-0.05, 0) is 41.3 Å². The summed E-state index contributed by atoms with van der Waals surface area (Å²) in [5, 5.41) is 0.684. The molecule has 0 spiro atoms. The van der Waals surface area contributed by atoms with Crippen LogP contribution in [0.5, 0.6) is 0 Å². The number of aromatic nitrogens is 1. The molecule has 0 bridgehead atoms. The minimum absolute atomic E-state index is 0.188. The van der Waals surface area contributed by atoms with E-state index in [1.807, 2.05) is 30.6 Å². The third kappa shape index (κ3) is 4.86. The van der Waals surface area contributed by atoms with Gasteiger partial charge in [-0.15, -0.1) is 0 Å². The number of rotatable bonds is 8. The quantitative estimate of drug-likeness (QED) is 0.176. The number of hydrogen-bond acceptors (Lipinski definition) is 4. The standard InChI is InChI=1S/C22H21ClN2O2S/c1-2-6-16-10-12-25(13-11-16)20(21(26)18-8-3-4-9-19(18)23)22(28)24-15-17-7-5-14-27-17/h3-5,7-14,20H,2,6,15H2,1H3/t20-/m1/s1. The Bertz CT molecular complexity index is 953. The van der Waals surface area contributed by atoms with Crippen molar-refractivity contribution >= 4 is 35.1 Å². The fraction of sp³-hybridized carbons (Fsp3) is 0.227. The zero-order valence-corrected chi connectivity index (χ0v) is 17.1. The van der Waals surface area contributed by atoms with E-state index in [-0.39, 0.29) is 17.4 Å². The number of ketones is 1. The summed E-state index contributed by atoms with van der Waals surface area (Å²) in [7, 11) is 0. The molecule has 1 atom stereocenters. The number of nitrogens with zero attached hydrogens (tertiary/aromatic N) is 2. The lowest BCUT2D eigenvalue weighted by Crippen LogP contribution is -2.47. The normalized spacial score (nSPS) is 12.7. The maximum absolute atomic E-state index is 13.3. The van der Waals surface area contributed by atoms with Gasteiger partial charge in [-0.2, -0.15) is 4.57 Å². The molecule has 0 aliphatic rings. The fourth-order valence-corrected chi connectivity index (χ4v) is 3.45. The molecule has 3 aromatic rings. The fourth-order valence-electron chi connectivity index (χ4n) is 2.92. The molecule has 0 aliphatic carbocycles. The second-order valence-corrected chi connectivity index (χ2v) is 7.21. The minimum Gasteiger partial charge on any atom is -0.758 e. The van der Waals surface area contributed by atoms with Crippen molar-refractivity contribution in [3.8, 4) is 0 Å². The van der Waals surface area contributed by atoms with E-state index in [9.17, 15) is 4.79 Å². The first-order chi connectivity index (χ1) is 13.6. The van der Waals surface area contributed by atoms with Gasteiger partial charge in [0, 0.05) is 17.7 Å². The van der Waals surface area contributed by atoms with E-state index < -0.39 is 6.04 Å². The topological polar surface area (TPSA) is 46.5 Å². The number of aliphatic imine (C=N–C) groups is 1. The lowest BCUT2D eigenvalue weighted by Gasteiger charge is -2.19. The van der Waals surface area contributed by atoms with E-state index in [1.54, 1.807) is 41.2 Å². The molecular weight excluding hydrogens is 392 g/mol. The third-order valence-corrected chi connectivity index (χ3v) is 5.03. The summed E-state index contributed by atoms with van der Waals surface area (Å²) >= 11 is 11.8. The van der Waals surface area contributed by atoms with Crippen LogP contribution in [0.4, 0.5) is 0 Å². The first-order valence-electron chi connectivity index (χ1n) is 9.12. The van der Waals surface area contributed by atoms with E-state index in [1.165, 1.54) is 5.56 Å². The van der Waals surface area contributed by atoms with Crippen LogP contribution in [0.1, 0.15) is 41.1 Å². The summed E-state index contributed by atoms with van der Waals surface area (Å²) in [6.07, 6.45) is 7.37. The van der Waals surface area contributed by atoms with Gasteiger partial charge in [0.15, 0.2) is 12.4 Å². The molecule has 0 amide bonds. The van der Waals surface area contributed by atoms with Crippen molar-refractivity contribution in [2.24, 2.45) is 4.99 Å². The summed E-state index contributed by atoms with van der Waals surface area (Å²) in [5.41, 5.74) is 1.64. The number of pyridine rings is 1. The molecule has 3 rings (SSSR count). The van der Waals surface area contributed by atoms with Crippen LogP contribution in [-0.4, -0.2) is 10.8 Å². The first-order valence-corrected chi connectivity index (χ1v) is 9.91. The van der Waals surface area contributed by atoms with Gasteiger partial charge in [0.2, 0.25) is 11.8 Å². The van der Waals surface area contributed by atoms with Gasteiger partial charge in [0.05, 0.1) is 17.8 Å². The second kappa shape index (κ2) is 9.62. The van der Waals surface area contributed by atoms with E-state index in [2.05, 4.69) is 11.9 Å². The van der Waals surface area contributed by atoms with Gasteiger partial charge < -0.3 is 22.0 Å². The molecule has 2 aromatic heterocycles. The van der Waals surface area contributed by atoms with Crippen molar-refractivity contribution in [1.29, 1.82) is 0 Å². The molecule has 2 heterocycles. The lowest BCUT2D eigenvalue weighted by atomic mass is 10.0. The van der Waals surface area contributed by atoms with Crippen LogP contribution in [0.15, 0.2) is 76.6 Å². The highest BCUT2D eigenvalue weighted by Crippen LogP contribution is 2.20. The molecule has 0 unspecified atom stereocenters. The van der Waals surface area contributed by atoms with E-state index in [0.717, 1.165) is 12.8 Å². The highest BCUT2D eigenvalue weighted by atomic mass is 35.5. The molecule has 4 nitrogen and oxygen atoms in total. The molecular formula is C22H21ClN2O2S. The highest BCUT2D eigenvalue weighted by molar-refractivity contribution is 7.77. The van der Waals surface area contributed by atoms with Crippen LogP contribution in [0.25, 0.3) is 0 Å². The predicted octanol–water partition coefficient (Wildman–Crippen LogP) is 4.74. The van der Waals surface area contributed by atoms with Crippen LogP contribution >= 0.6 is 11.6 Å². The van der Waals surface area contributed by atoms with Crippen molar-refractivity contribution in [2.45, 2.75) is 32.4 Å². The van der Waals surface area contributed by atoms with E-state index in [4.69, 9.17) is 28.6 Å². The summed E-state index contributed by atoms with van der Waals surface area (Å²) in [6, 6.07) is 13.9. The van der Waals surface area contributed by atoms with Crippen LogP contribution in [0, 0.1) is 0 Å². The molecule has 28 heavy (non-hydrogen) atoms. The van der Waals surface area contributed by atoms with Crippen molar-refractivity contribution in [3.05, 3.63) is 89.1 Å². The Kier molecular flexibility index (Phi) is 6.95. The Morgan fingerprint density at radius 3 is 2.57 bits per heavy atom. The summed E-state index contributed by atoms with van der Waals surface area (Å²) < 4.78 is 7.10. The highest BCUT2D eigenvalue weighted by Gasteiger charge is 2.29. The monoisotopic (exact) mass is 412 g/mol. The maximum Gasteiger partial charge on any atom is 0.237 e. The zero-order valence-electron chi connectivity index (χ0n) is 15.5. The zero-order chi connectivity index (χ0) is 19.9. The number of Topliss-reactive ketones (excluding diaryl/α,β-unsaturated/α-hetero) is 1. The number of furan rings is 1. The minimum atomic E-state index is -0.750. The molecule has 1 aromatic carbocycles. The van der Waals surface area contributed by atoms with Gasteiger partial charge >= 0.3 is 0 Å². The van der Waals surface area contributed by atoms with Gasteiger partial charge in [-0.1, -0.05) is 37.1 Å². The van der Waals surface area contributed by atoms with Crippen LogP contribution in [-0.2, 0) is 25.6 Å². The number of aryl methyl sites for hydroxylation is 1. The van der Waals surface area contributed by atoms with Gasteiger partial charge in [-0.3, -0.25) is 4.79 Å². The molecule has 0 aliphatic heterocycles. The maximum atomic E-state index is 13.3. The SMILES string of the molecule is CCCc1cc[n+]([C@H](C(=O)c2ccccc2Cl)C([S-])=NCc2ccco2)cc1. The number of carbonyl (C=O) groups is 1. The van der Waals surface area contributed by atoms with Gasteiger partial charge in [0.1, 0.15) is 5.76 Å². The predicted molar refractivity (Wildman–Crippen MR) is 113 cm³/mol. The van der Waals surface area contributed by atoms with Crippen molar-refractivity contribution < 1.29 is 13.8 Å². The average Bonchev–Trinajstić information content (AvgIpc) is 3.22. The molecule has 0 fully saturated rings. The molecule has 144 valence electrons. The van der Waals surface area contributed by atoms with Crippen molar-refractivity contribution in [3.63, 3.8) is 0 Å². The van der Waals surface area contributed by atoms with Crippen molar-refractivity contribution in [1.82, 2.24) is 0 Å². The van der Waals surface area contributed by atoms with Gasteiger partial charge in [0.25, 0.3) is 0 Å². The Labute approximate surface area is 175 Å². The Hall–Kier alpha value is -2.50. The van der Waals surface area contributed by atoms with Crippen molar-refractivity contribution in [2.75, 3.05) is 0 Å². The molecule has 0 saturated carbocycles. The van der Waals surface area contributed by atoms with E-state index in [0.29, 0.717) is 16.3 Å². The first kappa shape index (κ1) is 20.2. The number of benzene rings is 1. The smallest absolute Gasteiger partial charge is 0.237 e. The molecule has 0 saturated heterocycles. The summed E-state index contributed by atoms with van der Waals surface area (Å²) in [4.78, 5) is 17.7. The van der Waals surface area contributed by atoms with Gasteiger partial charge in [-0.25, -0.2) is 0 Å². The number of halogens is 1. The van der Waals surface area contributed by atoms with Crippen LogP contribution < -0.4 is 4.57 Å². The molecule has 0 N–H and O–H groups in total. The number of hydrogen-bond donors (Lipinski definition) is 0. The number of carbonyl (C=O) groups excluding carboxylic acids is 1. The molecule has 6 heteroatoms. The summed E-state index contributed by atoms with van der Waals surface area (Å²) in [5.74, 6) is 0.502. The largest absolute Gasteiger partial charge is 0.758 e. The average molecular weight is 413 g/mol. The Morgan fingerprint density at radius 1 is 1.18 bits per heavy atom. The van der Waals surface area contributed by atoms with E-state index >= 15 is 0 Å². The summed E-state index contributed by atoms with van der Waals surface area (Å²) in [6.45, 7) is 2.42. The molecule has 0 radical (unpaired) electrons. The Morgan fingerprint density at radius 2 is 1.93 bits per heavy atom. The Balaban J connectivity index is 1.96. The van der Waals surface area contributed by atoms with Crippen LogP contribution in [0.3, 0.4) is 0 Å².